The normalized spacial score (nSPS) is 16.3. The number of nitrogens with zero attached hydrogens (tertiary/aromatic N) is 2. The quantitative estimate of drug-likeness (QED) is 0.630. The Morgan fingerprint density at radius 3 is 2.84 bits per heavy atom. The Morgan fingerprint density at radius 2 is 2.16 bits per heavy atom. The van der Waals surface area contributed by atoms with Gasteiger partial charge in [0.05, 0.1) is 24.6 Å². The fourth-order valence-electron chi connectivity index (χ4n) is 2.20. The van der Waals surface area contributed by atoms with Crippen LogP contribution in [0.1, 0.15) is 10.4 Å². The van der Waals surface area contributed by atoms with E-state index in [0.717, 1.165) is 51.4 Å². The number of ether oxygens (including phenoxy) is 1. The molecule has 0 radical (unpaired) electrons. The minimum Gasteiger partial charge on any atom is -0.397 e. The van der Waals surface area contributed by atoms with Gasteiger partial charge in [-0.3, -0.25) is 9.69 Å². The predicted molar refractivity (Wildman–Crippen MR) is 76.8 cm³/mol. The second-order valence-electron chi connectivity index (χ2n) is 4.81. The molecule has 0 bridgehead atoms. The van der Waals surface area contributed by atoms with Crippen LogP contribution in [0.3, 0.4) is 0 Å². The van der Waals surface area contributed by atoms with Crippen molar-refractivity contribution in [3.05, 3.63) is 23.8 Å². The lowest BCUT2D eigenvalue weighted by molar-refractivity contribution is 0.0393. The lowest BCUT2D eigenvalue weighted by Crippen LogP contribution is -2.40. The molecule has 0 spiro atoms. The highest BCUT2D eigenvalue weighted by Crippen LogP contribution is 2.22. The molecule has 0 aromatic heterocycles. The molecule has 0 saturated carbocycles. The molecule has 5 nitrogen and oxygen atoms in total. The summed E-state index contributed by atoms with van der Waals surface area (Å²) in [7, 11) is 2.00. The van der Waals surface area contributed by atoms with Crippen molar-refractivity contribution in [3.8, 4) is 0 Å². The van der Waals surface area contributed by atoms with Crippen LogP contribution in [0.4, 0.5) is 11.4 Å². The van der Waals surface area contributed by atoms with Gasteiger partial charge < -0.3 is 15.4 Å². The van der Waals surface area contributed by atoms with Gasteiger partial charge in [0, 0.05) is 38.8 Å². The lowest BCUT2D eigenvalue weighted by atomic mass is 10.1. The van der Waals surface area contributed by atoms with Crippen molar-refractivity contribution in [3.63, 3.8) is 0 Å². The number of carbonyl (C=O) groups is 1. The summed E-state index contributed by atoms with van der Waals surface area (Å²) in [5, 5.41) is 0. The van der Waals surface area contributed by atoms with Crippen molar-refractivity contribution in [1.82, 2.24) is 4.90 Å². The molecule has 0 unspecified atom stereocenters. The first-order valence-corrected chi connectivity index (χ1v) is 6.56. The van der Waals surface area contributed by atoms with Gasteiger partial charge in [0.25, 0.3) is 0 Å². The van der Waals surface area contributed by atoms with Crippen molar-refractivity contribution in [2.45, 2.75) is 0 Å². The van der Waals surface area contributed by atoms with E-state index >= 15 is 0 Å². The maximum atomic E-state index is 10.8. The third kappa shape index (κ3) is 3.68. The average Bonchev–Trinajstić information content (AvgIpc) is 2.46. The molecule has 0 atom stereocenters. The maximum Gasteiger partial charge on any atom is 0.150 e. The zero-order chi connectivity index (χ0) is 13.7. The second kappa shape index (κ2) is 6.54. The number of aldehydes is 1. The van der Waals surface area contributed by atoms with Crippen LogP contribution >= 0.6 is 0 Å². The molecule has 2 rings (SSSR count). The first-order valence-electron chi connectivity index (χ1n) is 6.56. The molecule has 1 heterocycles. The van der Waals surface area contributed by atoms with Crippen molar-refractivity contribution in [2.75, 3.05) is 57.1 Å². The highest BCUT2D eigenvalue weighted by molar-refractivity contribution is 5.81. The van der Waals surface area contributed by atoms with Gasteiger partial charge in [-0.2, -0.15) is 0 Å². The number of benzene rings is 1. The van der Waals surface area contributed by atoms with Crippen molar-refractivity contribution < 1.29 is 9.53 Å². The van der Waals surface area contributed by atoms with E-state index in [9.17, 15) is 4.79 Å². The van der Waals surface area contributed by atoms with Gasteiger partial charge in [-0.1, -0.05) is 0 Å². The topological polar surface area (TPSA) is 58.8 Å². The summed E-state index contributed by atoms with van der Waals surface area (Å²) in [6.45, 7) is 5.45. The highest BCUT2D eigenvalue weighted by Gasteiger charge is 2.12. The molecular weight excluding hydrogens is 242 g/mol. The third-order valence-corrected chi connectivity index (χ3v) is 3.46. The first-order chi connectivity index (χ1) is 9.20. The number of rotatable bonds is 5. The van der Waals surface area contributed by atoms with Crippen molar-refractivity contribution in [1.29, 1.82) is 0 Å². The third-order valence-electron chi connectivity index (χ3n) is 3.46. The largest absolute Gasteiger partial charge is 0.397 e. The van der Waals surface area contributed by atoms with E-state index in [4.69, 9.17) is 10.5 Å². The van der Waals surface area contributed by atoms with Crippen LogP contribution in [-0.4, -0.2) is 57.6 Å². The SMILES string of the molecule is CN(CCN1CCOCC1)c1cc(C=O)ccc1N. The summed E-state index contributed by atoms with van der Waals surface area (Å²) in [6, 6.07) is 5.35. The number of carbonyl (C=O) groups excluding carboxylic acids is 1. The van der Waals surface area contributed by atoms with Gasteiger partial charge in [0.15, 0.2) is 0 Å². The Kier molecular flexibility index (Phi) is 4.76. The molecule has 104 valence electrons. The number of hydrogen-bond acceptors (Lipinski definition) is 5. The molecule has 19 heavy (non-hydrogen) atoms. The Labute approximate surface area is 113 Å². The Morgan fingerprint density at radius 1 is 1.42 bits per heavy atom. The first kappa shape index (κ1) is 13.8. The van der Waals surface area contributed by atoms with Crippen LogP contribution in [0.15, 0.2) is 18.2 Å². The molecule has 1 aliphatic heterocycles. The van der Waals surface area contributed by atoms with Gasteiger partial charge >= 0.3 is 0 Å². The van der Waals surface area contributed by atoms with Crippen LogP contribution in [0.5, 0.6) is 0 Å². The number of anilines is 2. The number of likely N-dealkylation sites (N-methyl/N-ethyl adjacent to an activating group) is 1. The van der Waals surface area contributed by atoms with Crippen LogP contribution in [0, 0.1) is 0 Å². The van der Waals surface area contributed by atoms with E-state index in [2.05, 4.69) is 9.80 Å². The van der Waals surface area contributed by atoms with E-state index in [0.29, 0.717) is 11.3 Å². The molecule has 2 N–H and O–H groups in total. The van der Waals surface area contributed by atoms with E-state index in [1.165, 1.54) is 0 Å². The number of morpholine rings is 1. The summed E-state index contributed by atoms with van der Waals surface area (Å²) in [5.74, 6) is 0. The summed E-state index contributed by atoms with van der Waals surface area (Å²) in [6.07, 6.45) is 0.846. The number of hydrogen-bond donors (Lipinski definition) is 1. The molecule has 0 aliphatic carbocycles. The second-order valence-corrected chi connectivity index (χ2v) is 4.81. The molecule has 0 amide bonds. The zero-order valence-electron chi connectivity index (χ0n) is 11.3. The summed E-state index contributed by atoms with van der Waals surface area (Å²) in [4.78, 5) is 15.3. The Bertz CT molecular complexity index is 431. The van der Waals surface area contributed by atoms with Crippen LogP contribution in [0.25, 0.3) is 0 Å². The van der Waals surface area contributed by atoms with Gasteiger partial charge in [-0.25, -0.2) is 0 Å². The number of nitrogen functional groups attached to an aromatic ring is 1. The van der Waals surface area contributed by atoms with Crippen LogP contribution in [-0.2, 0) is 4.74 Å². The van der Waals surface area contributed by atoms with E-state index in [-0.39, 0.29) is 0 Å². The summed E-state index contributed by atoms with van der Waals surface area (Å²) in [5.41, 5.74) is 8.24. The summed E-state index contributed by atoms with van der Waals surface area (Å²) >= 11 is 0. The minimum atomic E-state index is 0.655. The average molecular weight is 263 g/mol. The van der Waals surface area contributed by atoms with Gasteiger partial charge in [0.1, 0.15) is 6.29 Å². The maximum absolute atomic E-state index is 10.8. The fourth-order valence-corrected chi connectivity index (χ4v) is 2.20. The van der Waals surface area contributed by atoms with Gasteiger partial charge in [-0.15, -0.1) is 0 Å². The monoisotopic (exact) mass is 263 g/mol. The molecule has 1 aromatic rings. The van der Waals surface area contributed by atoms with E-state index in [1.54, 1.807) is 12.1 Å². The van der Waals surface area contributed by atoms with Crippen LogP contribution in [0.2, 0.25) is 0 Å². The predicted octanol–water partition coefficient (Wildman–Crippen LogP) is 0.850. The molecule has 1 saturated heterocycles. The minimum absolute atomic E-state index is 0.655. The fraction of sp³-hybridized carbons (Fsp3) is 0.500. The molecule has 1 fully saturated rings. The Balaban J connectivity index is 1.94. The zero-order valence-corrected chi connectivity index (χ0v) is 11.3. The molecule has 1 aliphatic rings. The van der Waals surface area contributed by atoms with Crippen LogP contribution < -0.4 is 10.6 Å². The summed E-state index contributed by atoms with van der Waals surface area (Å²) < 4.78 is 5.33. The Hall–Kier alpha value is -1.59. The van der Waals surface area contributed by atoms with E-state index in [1.807, 2.05) is 13.1 Å². The number of nitrogens with two attached hydrogens (primary N) is 1. The molecule has 5 heteroatoms. The molecular formula is C14H21N3O2. The standard InChI is InChI=1S/C14H21N3O2/c1-16(4-5-17-6-8-19-9-7-17)14-10-12(11-18)2-3-13(14)15/h2-3,10-11H,4-9,15H2,1H3. The van der Waals surface area contributed by atoms with Gasteiger partial charge in [-0.05, 0) is 18.2 Å². The van der Waals surface area contributed by atoms with Gasteiger partial charge in [0.2, 0.25) is 0 Å². The van der Waals surface area contributed by atoms with Crippen molar-refractivity contribution >= 4 is 17.7 Å². The smallest absolute Gasteiger partial charge is 0.150 e. The van der Waals surface area contributed by atoms with E-state index < -0.39 is 0 Å². The molecule has 1 aromatic carbocycles. The highest BCUT2D eigenvalue weighted by atomic mass is 16.5. The lowest BCUT2D eigenvalue weighted by Gasteiger charge is -2.29. The van der Waals surface area contributed by atoms with Crippen molar-refractivity contribution in [2.24, 2.45) is 0 Å².